The second kappa shape index (κ2) is 6.76. The van der Waals surface area contributed by atoms with Crippen molar-refractivity contribution in [1.29, 1.82) is 0 Å². The Morgan fingerprint density at radius 3 is 2.33 bits per heavy atom. The van der Waals surface area contributed by atoms with Crippen LogP contribution in [0.3, 0.4) is 0 Å². The topological polar surface area (TPSA) is 84.2 Å². The number of benzene rings is 1. The van der Waals surface area contributed by atoms with E-state index >= 15 is 0 Å². The molecule has 0 unspecified atom stereocenters. The lowest BCUT2D eigenvalue weighted by molar-refractivity contribution is -0.122. The summed E-state index contributed by atoms with van der Waals surface area (Å²) in [5, 5.41) is 5.43. The van der Waals surface area contributed by atoms with Gasteiger partial charge in [-0.1, -0.05) is 12.1 Å². The summed E-state index contributed by atoms with van der Waals surface area (Å²) in [6, 6.07) is 6.58. The highest BCUT2D eigenvalue weighted by Crippen LogP contribution is 2.04. The molecule has 1 aromatic carbocycles. The van der Waals surface area contributed by atoms with Crippen molar-refractivity contribution in [2.45, 2.75) is 26.4 Å². The molecule has 1 aromatic rings. The molecule has 0 aliphatic rings. The van der Waals surface area contributed by atoms with Crippen LogP contribution in [-0.4, -0.2) is 24.4 Å². The Kier molecular flexibility index (Phi) is 5.32. The molecule has 1 atom stereocenters. The quantitative estimate of drug-likeness (QED) is 0.706. The molecule has 0 bridgehead atoms. The van der Waals surface area contributed by atoms with Crippen LogP contribution in [0.5, 0.6) is 0 Å². The third-order valence-electron chi connectivity index (χ3n) is 2.43. The zero-order valence-corrected chi connectivity index (χ0v) is 10.7. The third-order valence-corrected chi connectivity index (χ3v) is 2.43. The second-order valence-electron chi connectivity index (χ2n) is 4.06. The van der Waals surface area contributed by atoms with Crippen molar-refractivity contribution >= 4 is 11.8 Å². The SMILES string of the molecule is CCNC(=O)c1ccc(CNC(=O)[C@H](C)N)cc1. The molecule has 0 fully saturated rings. The maximum Gasteiger partial charge on any atom is 0.251 e. The van der Waals surface area contributed by atoms with Gasteiger partial charge in [-0.25, -0.2) is 0 Å². The van der Waals surface area contributed by atoms with Gasteiger partial charge < -0.3 is 16.4 Å². The van der Waals surface area contributed by atoms with Crippen LogP contribution in [0.2, 0.25) is 0 Å². The smallest absolute Gasteiger partial charge is 0.251 e. The maximum atomic E-state index is 11.5. The van der Waals surface area contributed by atoms with E-state index in [1.54, 1.807) is 19.1 Å². The fraction of sp³-hybridized carbons (Fsp3) is 0.385. The van der Waals surface area contributed by atoms with Crippen molar-refractivity contribution in [3.05, 3.63) is 35.4 Å². The molecule has 0 saturated carbocycles. The van der Waals surface area contributed by atoms with E-state index in [4.69, 9.17) is 5.73 Å². The Morgan fingerprint density at radius 1 is 1.22 bits per heavy atom. The summed E-state index contributed by atoms with van der Waals surface area (Å²) in [5.74, 6) is -0.286. The number of nitrogens with one attached hydrogen (secondary N) is 2. The van der Waals surface area contributed by atoms with Crippen molar-refractivity contribution in [1.82, 2.24) is 10.6 Å². The van der Waals surface area contributed by atoms with Crippen LogP contribution in [0.1, 0.15) is 29.8 Å². The first-order valence-electron chi connectivity index (χ1n) is 5.95. The summed E-state index contributed by atoms with van der Waals surface area (Å²) in [6.45, 7) is 4.52. The first-order chi connectivity index (χ1) is 8.54. The number of hydrogen-bond acceptors (Lipinski definition) is 3. The summed E-state index contributed by atoms with van der Waals surface area (Å²) < 4.78 is 0. The zero-order chi connectivity index (χ0) is 13.5. The van der Waals surface area contributed by atoms with Crippen LogP contribution in [0.25, 0.3) is 0 Å². The van der Waals surface area contributed by atoms with E-state index in [2.05, 4.69) is 10.6 Å². The fourth-order valence-corrected chi connectivity index (χ4v) is 1.39. The minimum atomic E-state index is -0.514. The Hall–Kier alpha value is -1.88. The van der Waals surface area contributed by atoms with Gasteiger partial charge in [0.05, 0.1) is 6.04 Å². The van der Waals surface area contributed by atoms with Crippen LogP contribution in [0, 0.1) is 0 Å². The normalized spacial score (nSPS) is 11.7. The van der Waals surface area contributed by atoms with Crippen molar-refractivity contribution < 1.29 is 9.59 Å². The van der Waals surface area contributed by atoms with E-state index in [-0.39, 0.29) is 11.8 Å². The van der Waals surface area contributed by atoms with Gasteiger partial charge >= 0.3 is 0 Å². The lowest BCUT2D eigenvalue weighted by Crippen LogP contribution is -2.37. The highest BCUT2D eigenvalue weighted by Gasteiger charge is 2.07. The van der Waals surface area contributed by atoms with Gasteiger partial charge in [0, 0.05) is 18.7 Å². The Labute approximate surface area is 107 Å². The van der Waals surface area contributed by atoms with Crippen molar-refractivity contribution in [2.75, 3.05) is 6.54 Å². The first kappa shape index (κ1) is 14.2. The van der Waals surface area contributed by atoms with Crippen molar-refractivity contribution in [3.8, 4) is 0 Å². The highest BCUT2D eigenvalue weighted by atomic mass is 16.2. The third kappa shape index (κ3) is 4.18. The summed E-state index contributed by atoms with van der Waals surface area (Å²) in [4.78, 5) is 22.8. The number of carbonyl (C=O) groups excluding carboxylic acids is 2. The van der Waals surface area contributed by atoms with Gasteiger partial charge in [0.2, 0.25) is 5.91 Å². The maximum absolute atomic E-state index is 11.5. The van der Waals surface area contributed by atoms with Gasteiger partial charge in [-0.05, 0) is 31.5 Å². The average molecular weight is 249 g/mol. The number of amides is 2. The molecule has 0 radical (unpaired) electrons. The molecule has 0 aliphatic heterocycles. The predicted octanol–water partition coefficient (Wildman–Crippen LogP) is 0.400. The minimum absolute atomic E-state index is 0.0938. The molecule has 5 heteroatoms. The molecule has 2 amide bonds. The van der Waals surface area contributed by atoms with E-state index in [0.717, 1.165) is 5.56 Å². The summed E-state index contributed by atoms with van der Waals surface area (Å²) >= 11 is 0. The molecule has 5 nitrogen and oxygen atoms in total. The van der Waals surface area contributed by atoms with E-state index in [9.17, 15) is 9.59 Å². The Bertz CT molecular complexity index is 413. The fourth-order valence-electron chi connectivity index (χ4n) is 1.39. The van der Waals surface area contributed by atoms with Gasteiger partial charge in [-0.3, -0.25) is 9.59 Å². The summed E-state index contributed by atoms with van der Waals surface area (Å²) in [5.41, 5.74) is 6.97. The van der Waals surface area contributed by atoms with E-state index in [0.29, 0.717) is 18.7 Å². The van der Waals surface area contributed by atoms with E-state index < -0.39 is 6.04 Å². The lowest BCUT2D eigenvalue weighted by atomic mass is 10.1. The van der Waals surface area contributed by atoms with Crippen LogP contribution in [-0.2, 0) is 11.3 Å². The monoisotopic (exact) mass is 249 g/mol. The molecule has 98 valence electrons. The van der Waals surface area contributed by atoms with Gasteiger partial charge in [-0.15, -0.1) is 0 Å². The Morgan fingerprint density at radius 2 is 1.83 bits per heavy atom. The number of hydrogen-bond donors (Lipinski definition) is 3. The van der Waals surface area contributed by atoms with Gasteiger partial charge in [-0.2, -0.15) is 0 Å². The van der Waals surface area contributed by atoms with Crippen molar-refractivity contribution in [2.24, 2.45) is 5.73 Å². The predicted molar refractivity (Wildman–Crippen MR) is 69.9 cm³/mol. The molecule has 0 spiro atoms. The highest BCUT2D eigenvalue weighted by molar-refractivity contribution is 5.94. The molecule has 0 aliphatic carbocycles. The molecular formula is C13H19N3O2. The zero-order valence-electron chi connectivity index (χ0n) is 10.7. The average Bonchev–Trinajstić information content (AvgIpc) is 2.36. The van der Waals surface area contributed by atoms with E-state index in [1.807, 2.05) is 19.1 Å². The van der Waals surface area contributed by atoms with Crippen molar-refractivity contribution in [3.63, 3.8) is 0 Å². The molecule has 0 aromatic heterocycles. The van der Waals surface area contributed by atoms with Crippen LogP contribution < -0.4 is 16.4 Å². The molecule has 18 heavy (non-hydrogen) atoms. The molecular weight excluding hydrogens is 230 g/mol. The summed E-state index contributed by atoms with van der Waals surface area (Å²) in [6.07, 6.45) is 0. The summed E-state index contributed by atoms with van der Waals surface area (Å²) in [7, 11) is 0. The molecule has 1 rings (SSSR count). The number of rotatable bonds is 5. The van der Waals surface area contributed by atoms with Gasteiger partial charge in [0.1, 0.15) is 0 Å². The van der Waals surface area contributed by atoms with Gasteiger partial charge in [0.15, 0.2) is 0 Å². The lowest BCUT2D eigenvalue weighted by Gasteiger charge is -2.08. The number of nitrogens with two attached hydrogens (primary N) is 1. The van der Waals surface area contributed by atoms with Gasteiger partial charge in [0.25, 0.3) is 5.91 Å². The largest absolute Gasteiger partial charge is 0.352 e. The standard InChI is InChI=1S/C13H19N3O2/c1-3-15-13(18)11-6-4-10(5-7-11)8-16-12(17)9(2)14/h4-7,9H,3,8,14H2,1-2H3,(H,15,18)(H,16,17)/t9-/m0/s1. The minimum Gasteiger partial charge on any atom is -0.352 e. The second-order valence-corrected chi connectivity index (χ2v) is 4.06. The molecule has 0 saturated heterocycles. The number of carbonyl (C=O) groups is 2. The molecule has 0 heterocycles. The molecule has 4 N–H and O–H groups in total. The first-order valence-corrected chi connectivity index (χ1v) is 5.95. The Balaban J connectivity index is 2.55. The van der Waals surface area contributed by atoms with Crippen LogP contribution in [0.4, 0.5) is 0 Å². The van der Waals surface area contributed by atoms with Crippen LogP contribution in [0.15, 0.2) is 24.3 Å². The van der Waals surface area contributed by atoms with Crippen LogP contribution >= 0.6 is 0 Å². The van der Waals surface area contributed by atoms with E-state index in [1.165, 1.54) is 0 Å².